The minimum atomic E-state index is -0.437. The van der Waals surface area contributed by atoms with E-state index in [1.54, 1.807) is 0 Å². The lowest BCUT2D eigenvalue weighted by molar-refractivity contribution is -0.124. The molecule has 4 nitrogen and oxygen atoms in total. The summed E-state index contributed by atoms with van der Waals surface area (Å²) in [5.41, 5.74) is 1.27. The molecule has 1 saturated heterocycles. The summed E-state index contributed by atoms with van der Waals surface area (Å²) in [7, 11) is 0. The standard InChI is InChI=1S/C20H22ClFN2O2/c21-18-11-16(22)8-9-19(18)26-14-20(25)23-17-7-4-10-24(13-17)12-15-5-2-1-3-6-15/h1-3,5-6,8-9,11,17H,4,7,10,12-14H2,(H,23,25)/t17-/m0/s1. The molecule has 3 rings (SSSR count). The van der Waals surface area contributed by atoms with Crippen LogP contribution in [0.25, 0.3) is 0 Å². The van der Waals surface area contributed by atoms with Gasteiger partial charge in [-0.25, -0.2) is 4.39 Å². The van der Waals surface area contributed by atoms with Gasteiger partial charge in [-0.1, -0.05) is 41.9 Å². The molecule has 1 amide bonds. The maximum atomic E-state index is 13.0. The summed E-state index contributed by atoms with van der Waals surface area (Å²) in [6, 6.07) is 14.3. The molecular formula is C20H22ClFN2O2. The molecule has 1 N–H and O–H groups in total. The van der Waals surface area contributed by atoms with Crippen molar-refractivity contribution < 1.29 is 13.9 Å². The van der Waals surface area contributed by atoms with Crippen LogP contribution in [0.15, 0.2) is 48.5 Å². The summed E-state index contributed by atoms with van der Waals surface area (Å²) in [5, 5.41) is 3.17. The van der Waals surface area contributed by atoms with Gasteiger partial charge in [0.05, 0.1) is 5.02 Å². The lowest BCUT2D eigenvalue weighted by Gasteiger charge is -2.33. The summed E-state index contributed by atoms with van der Waals surface area (Å²) in [6.45, 7) is 2.59. The Hall–Kier alpha value is -2.11. The summed E-state index contributed by atoms with van der Waals surface area (Å²) in [5.74, 6) is -0.331. The van der Waals surface area contributed by atoms with E-state index < -0.39 is 5.82 Å². The fraction of sp³-hybridized carbons (Fsp3) is 0.350. The van der Waals surface area contributed by atoms with Gasteiger partial charge in [-0.2, -0.15) is 0 Å². The van der Waals surface area contributed by atoms with E-state index in [4.69, 9.17) is 16.3 Å². The Morgan fingerprint density at radius 2 is 2.08 bits per heavy atom. The number of nitrogens with zero attached hydrogens (tertiary/aromatic N) is 1. The molecule has 1 atom stereocenters. The second-order valence-electron chi connectivity index (χ2n) is 6.49. The van der Waals surface area contributed by atoms with Crippen molar-refractivity contribution in [1.82, 2.24) is 10.2 Å². The fourth-order valence-corrected chi connectivity index (χ4v) is 3.39. The number of piperidine rings is 1. The SMILES string of the molecule is O=C(COc1ccc(F)cc1Cl)N[C@H]1CCCN(Cc2ccccc2)C1. The molecule has 0 unspecified atom stereocenters. The van der Waals surface area contributed by atoms with E-state index >= 15 is 0 Å². The van der Waals surface area contributed by atoms with Gasteiger partial charge in [0, 0.05) is 19.1 Å². The van der Waals surface area contributed by atoms with Crippen molar-refractivity contribution in [2.45, 2.75) is 25.4 Å². The average Bonchev–Trinajstić information content (AvgIpc) is 2.62. The molecule has 1 fully saturated rings. The van der Waals surface area contributed by atoms with Gasteiger partial charge in [0.2, 0.25) is 0 Å². The number of amides is 1. The summed E-state index contributed by atoms with van der Waals surface area (Å²) in [6.07, 6.45) is 2.00. The van der Waals surface area contributed by atoms with Crippen LogP contribution >= 0.6 is 11.6 Å². The Labute approximate surface area is 157 Å². The second-order valence-corrected chi connectivity index (χ2v) is 6.90. The van der Waals surface area contributed by atoms with E-state index in [9.17, 15) is 9.18 Å². The lowest BCUT2D eigenvalue weighted by atomic mass is 10.0. The third kappa shape index (κ3) is 5.44. The summed E-state index contributed by atoms with van der Waals surface area (Å²) in [4.78, 5) is 14.5. The molecule has 1 heterocycles. The number of benzene rings is 2. The minimum absolute atomic E-state index is 0.104. The fourth-order valence-electron chi connectivity index (χ4n) is 3.16. The molecule has 6 heteroatoms. The minimum Gasteiger partial charge on any atom is -0.482 e. The molecule has 1 aliphatic heterocycles. The Balaban J connectivity index is 1.46. The smallest absolute Gasteiger partial charge is 0.258 e. The van der Waals surface area contributed by atoms with Crippen LogP contribution in [-0.2, 0) is 11.3 Å². The quantitative estimate of drug-likeness (QED) is 0.836. The predicted molar refractivity (Wildman–Crippen MR) is 99.8 cm³/mol. The molecule has 0 aliphatic carbocycles. The number of rotatable bonds is 6. The number of carbonyl (C=O) groups excluding carboxylic acids is 1. The topological polar surface area (TPSA) is 41.6 Å². The maximum absolute atomic E-state index is 13.0. The van der Waals surface area contributed by atoms with E-state index in [1.165, 1.54) is 17.7 Å². The zero-order chi connectivity index (χ0) is 18.4. The molecule has 2 aromatic rings. The first-order chi connectivity index (χ1) is 12.6. The van der Waals surface area contributed by atoms with Crippen molar-refractivity contribution in [3.63, 3.8) is 0 Å². The molecule has 1 aliphatic rings. The van der Waals surface area contributed by atoms with Gasteiger partial charge in [0.1, 0.15) is 11.6 Å². The van der Waals surface area contributed by atoms with Crippen LogP contribution in [0.5, 0.6) is 5.75 Å². The number of ether oxygens (including phenoxy) is 1. The van der Waals surface area contributed by atoms with E-state index in [1.807, 2.05) is 18.2 Å². The van der Waals surface area contributed by atoms with Crippen molar-refractivity contribution >= 4 is 17.5 Å². The van der Waals surface area contributed by atoms with E-state index in [-0.39, 0.29) is 23.6 Å². The van der Waals surface area contributed by atoms with Crippen LogP contribution in [0.1, 0.15) is 18.4 Å². The number of likely N-dealkylation sites (tertiary alicyclic amines) is 1. The van der Waals surface area contributed by atoms with Crippen LogP contribution in [-0.4, -0.2) is 36.5 Å². The van der Waals surface area contributed by atoms with Gasteiger partial charge >= 0.3 is 0 Å². The normalized spacial score (nSPS) is 17.7. The molecule has 2 aromatic carbocycles. The molecular weight excluding hydrogens is 355 g/mol. The van der Waals surface area contributed by atoms with Crippen LogP contribution in [0.3, 0.4) is 0 Å². The van der Waals surface area contributed by atoms with Crippen LogP contribution in [0.4, 0.5) is 4.39 Å². The Bertz CT molecular complexity index is 742. The first-order valence-corrected chi connectivity index (χ1v) is 9.11. The van der Waals surface area contributed by atoms with Gasteiger partial charge in [-0.05, 0) is 43.1 Å². The first-order valence-electron chi connectivity index (χ1n) is 8.73. The zero-order valence-corrected chi connectivity index (χ0v) is 15.2. The highest BCUT2D eigenvalue weighted by Crippen LogP contribution is 2.24. The number of hydrogen-bond acceptors (Lipinski definition) is 3. The number of carbonyl (C=O) groups is 1. The molecule has 26 heavy (non-hydrogen) atoms. The monoisotopic (exact) mass is 376 g/mol. The van der Waals surface area contributed by atoms with Crippen LogP contribution < -0.4 is 10.1 Å². The highest BCUT2D eigenvalue weighted by Gasteiger charge is 2.21. The molecule has 138 valence electrons. The Kier molecular flexibility index (Phi) is 6.47. The van der Waals surface area contributed by atoms with Crippen molar-refractivity contribution in [2.75, 3.05) is 19.7 Å². The lowest BCUT2D eigenvalue weighted by Crippen LogP contribution is -2.48. The van der Waals surface area contributed by atoms with Gasteiger partial charge in [0.25, 0.3) is 5.91 Å². The molecule has 0 spiro atoms. The summed E-state index contributed by atoms with van der Waals surface area (Å²) >= 11 is 5.90. The zero-order valence-electron chi connectivity index (χ0n) is 14.5. The van der Waals surface area contributed by atoms with E-state index in [0.717, 1.165) is 38.5 Å². The van der Waals surface area contributed by atoms with E-state index in [0.29, 0.717) is 5.75 Å². The summed E-state index contributed by atoms with van der Waals surface area (Å²) < 4.78 is 18.4. The van der Waals surface area contributed by atoms with Crippen LogP contribution in [0, 0.1) is 5.82 Å². The molecule has 0 radical (unpaired) electrons. The van der Waals surface area contributed by atoms with Gasteiger partial charge in [0.15, 0.2) is 6.61 Å². The average molecular weight is 377 g/mol. The second kappa shape index (κ2) is 9.01. The number of nitrogens with one attached hydrogen (secondary N) is 1. The third-order valence-corrected chi connectivity index (χ3v) is 4.67. The Morgan fingerprint density at radius 1 is 1.27 bits per heavy atom. The maximum Gasteiger partial charge on any atom is 0.258 e. The molecule has 0 aromatic heterocycles. The predicted octanol–water partition coefficient (Wildman–Crippen LogP) is 3.64. The largest absolute Gasteiger partial charge is 0.482 e. The van der Waals surface area contributed by atoms with Crippen LogP contribution in [0.2, 0.25) is 5.02 Å². The highest BCUT2D eigenvalue weighted by atomic mass is 35.5. The van der Waals surface area contributed by atoms with Crippen molar-refractivity contribution in [2.24, 2.45) is 0 Å². The molecule has 0 bridgehead atoms. The number of hydrogen-bond donors (Lipinski definition) is 1. The highest BCUT2D eigenvalue weighted by molar-refractivity contribution is 6.32. The van der Waals surface area contributed by atoms with Crippen molar-refractivity contribution in [1.29, 1.82) is 0 Å². The third-order valence-electron chi connectivity index (χ3n) is 4.37. The van der Waals surface area contributed by atoms with Gasteiger partial charge in [-0.15, -0.1) is 0 Å². The van der Waals surface area contributed by atoms with Crippen molar-refractivity contribution in [3.05, 3.63) is 64.9 Å². The molecule has 0 saturated carbocycles. The number of halogens is 2. The first kappa shape index (κ1) is 18.7. The van der Waals surface area contributed by atoms with Crippen molar-refractivity contribution in [3.8, 4) is 5.75 Å². The van der Waals surface area contributed by atoms with E-state index in [2.05, 4.69) is 22.3 Å². The van der Waals surface area contributed by atoms with Gasteiger partial charge in [-0.3, -0.25) is 9.69 Å². The Morgan fingerprint density at radius 3 is 2.85 bits per heavy atom. The van der Waals surface area contributed by atoms with Gasteiger partial charge < -0.3 is 10.1 Å².